The molecular formula is C14H16O2. The van der Waals surface area contributed by atoms with Crippen molar-refractivity contribution in [1.82, 2.24) is 0 Å². The van der Waals surface area contributed by atoms with Crippen molar-refractivity contribution in [2.45, 2.75) is 19.4 Å². The van der Waals surface area contributed by atoms with Gasteiger partial charge in [-0.05, 0) is 24.1 Å². The van der Waals surface area contributed by atoms with E-state index in [1.54, 1.807) is 6.26 Å². The van der Waals surface area contributed by atoms with Gasteiger partial charge in [-0.2, -0.15) is 0 Å². The van der Waals surface area contributed by atoms with Crippen LogP contribution in [0, 0.1) is 0 Å². The lowest BCUT2D eigenvalue weighted by atomic mass is 10.2. The second-order valence-corrected chi connectivity index (χ2v) is 3.72. The number of hydrogen-bond donors (Lipinski definition) is 0. The SMILES string of the molecule is c1ccc(COCCCc2ccco2)cc1. The molecule has 0 fully saturated rings. The van der Waals surface area contributed by atoms with Gasteiger partial charge in [0.1, 0.15) is 5.76 Å². The molecule has 1 heterocycles. The summed E-state index contributed by atoms with van der Waals surface area (Å²) in [6.07, 6.45) is 3.66. The van der Waals surface area contributed by atoms with Crippen LogP contribution >= 0.6 is 0 Å². The van der Waals surface area contributed by atoms with Crippen molar-refractivity contribution < 1.29 is 9.15 Å². The molecule has 84 valence electrons. The number of aryl methyl sites for hydroxylation is 1. The highest BCUT2D eigenvalue weighted by Crippen LogP contribution is 2.05. The number of furan rings is 1. The molecule has 0 aliphatic heterocycles. The predicted octanol–water partition coefficient (Wildman–Crippen LogP) is 3.43. The molecule has 0 spiro atoms. The summed E-state index contributed by atoms with van der Waals surface area (Å²) in [6, 6.07) is 14.1. The highest BCUT2D eigenvalue weighted by atomic mass is 16.5. The van der Waals surface area contributed by atoms with Gasteiger partial charge in [0.15, 0.2) is 0 Å². The summed E-state index contributed by atoms with van der Waals surface area (Å²) in [7, 11) is 0. The van der Waals surface area contributed by atoms with Crippen LogP contribution in [0.3, 0.4) is 0 Å². The molecule has 16 heavy (non-hydrogen) atoms. The fourth-order valence-corrected chi connectivity index (χ4v) is 1.57. The van der Waals surface area contributed by atoms with Gasteiger partial charge in [0.2, 0.25) is 0 Å². The first kappa shape index (κ1) is 11.0. The molecule has 0 saturated heterocycles. The molecule has 1 aromatic heterocycles. The Balaban J connectivity index is 1.59. The molecule has 0 atom stereocenters. The van der Waals surface area contributed by atoms with Gasteiger partial charge >= 0.3 is 0 Å². The van der Waals surface area contributed by atoms with Gasteiger partial charge in [-0.1, -0.05) is 30.3 Å². The summed E-state index contributed by atoms with van der Waals surface area (Å²) in [4.78, 5) is 0. The Morgan fingerprint density at radius 1 is 1.00 bits per heavy atom. The van der Waals surface area contributed by atoms with E-state index in [1.165, 1.54) is 5.56 Å². The van der Waals surface area contributed by atoms with E-state index in [1.807, 2.05) is 30.3 Å². The van der Waals surface area contributed by atoms with E-state index in [-0.39, 0.29) is 0 Å². The van der Waals surface area contributed by atoms with Gasteiger partial charge < -0.3 is 9.15 Å². The number of rotatable bonds is 6. The van der Waals surface area contributed by atoms with Crippen molar-refractivity contribution in [3.05, 3.63) is 60.1 Å². The second kappa shape index (κ2) is 6.13. The lowest BCUT2D eigenvalue weighted by Gasteiger charge is -2.03. The molecule has 2 aromatic rings. The molecule has 2 rings (SSSR count). The largest absolute Gasteiger partial charge is 0.469 e. The Bertz CT molecular complexity index is 378. The van der Waals surface area contributed by atoms with Crippen molar-refractivity contribution in [2.75, 3.05) is 6.61 Å². The third kappa shape index (κ3) is 3.55. The van der Waals surface area contributed by atoms with Crippen LogP contribution in [-0.4, -0.2) is 6.61 Å². The third-order valence-electron chi connectivity index (χ3n) is 2.40. The normalized spacial score (nSPS) is 10.5. The van der Waals surface area contributed by atoms with Crippen molar-refractivity contribution in [3.8, 4) is 0 Å². The fraction of sp³-hybridized carbons (Fsp3) is 0.286. The summed E-state index contributed by atoms with van der Waals surface area (Å²) in [5, 5.41) is 0. The molecule has 0 aliphatic carbocycles. The van der Waals surface area contributed by atoms with Crippen LogP contribution in [0.15, 0.2) is 53.1 Å². The standard InChI is InChI=1S/C14H16O2/c1-2-6-13(7-3-1)12-15-10-4-8-14-9-5-11-16-14/h1-3,5-7,9,11H,4,8,10,12H2. The maximum Gasteiger partial charge on any atom is 0.103 e. The first-order valence-electron chi connectivity index (χ1n) is 5.59. The molecule has 0 N–H and O–H groups in total. The highest BCUT2D eigenvalue weighted by molar-refractivity contribution is 5.13. The molecule has 0 saturated carbocycles. The maximum absolute atomic E-state index is 5.58. The minimum Gasteiger partial charge on any atom is -0.469 e. The van der Waals surface area contributed by atoms with Crippen molar-refractivity contribution >= 4 is 0 Å². The topological polar surface area (TPSA) is 22.4 Å². The number of ether oxygens (including phenoxy) is 1. The molecule has 0 amide bonds. The summed E-state index contributed by atoms with van der Waals surface area (Å²) in [5.41, 5.74) is 1.22. The van der Waals surface area contributed by atoms with Gasteiger partial charge in [0.05, 0.1) is 12.9 Å². The Morgan fingerprint density at radius 3 is 2.62 bits per heavy atom. The van der Waals surface area contributed by atoms with Crippen LogP contribution in [0.25, 0.3) is 0 Å². The molecule has 1 aromatic carbocycles. The summed E-state index contributed by atoms with van der Waals surface area (Å²) in [6.45, 7) is 1.47. The van der Waals surface area contributed by atoms with Crippen LogP contribution in [-0.2, 0) is 17.8 Å². The first-order valence-corrected chi connectivity index (χ1v) is 5.59. The molecule has 2 heteroatoms. The predicted molar refractivity (Wildman–Crippen MR) is 63.1 cm³/mol. The molecule has 0 bridgehead atoms. The Hall–Kier alpha value is -1.54. The highest BCUT2D eigenvalue weighted by Gasteiger charge is 1.96. The first-order chi connectivity index (χ1) is 7.95. The van der Waals surface area contributed by atoms with Crippen molar-refractivity contribution in [2.24, 2.45) is 0 Å². The quantitative estimate of drug-likeness (QED) is 0.690. The van der Waals surface area contributed by atoms with Crippen molar-refractivity contribution in [3.63, 3.8) is 0 Å². The van der Waals surface area contributed by atoms with Crippen LogP contribution in [0.4, 0.5) is 0 Å². The zero-order valence-electron chi connectivity index (χ0n) is 9.26. The monoisotopic (exact) mass is 216 g/mol. The minimum atomic E-state index is 0.693. The maximum atomic E-state index is 5.58. The Morgan fingerprint density at radius 2 is 1.88 bits per heavy atom. The number of benzene rings is 1. The fourth-order valence-electron chi connectivity index (χ4n) is 1.57. The lowest BCUT2D eigenvalue weighted by Crippen LogP contribution is -1.96. The Kier molecular flexibility index (Phi) is 4.20. The smallest absolute Gasteiger partial charge is 0.103 e. The van der Waals surface area contributed by atoms with Crippen LogP contribution in [0.5, 0.6) is 0 Å². The van der Waals surface area contributed by atoms with Gasteiger partial charge in [0.25, 0.3) is 0 Å². The molecule has 0 radical (unpaired) electrons. The van der Waals surface area contributed by atoms with Gasteiger partial charge in [0, 0.05) is 13.0 Å². The molecule has 2 nitrogen and oxygen atoms in total. The van der Waals surface area contributed by atoms with E-state index in [2.05, 4.69) is 12.1 Å². The third-order valence-corrected chi connectivity index (χ3v) is 2.40. The van der Waals surface area contributed by atoms with E-state index in [4.69, 9.17) is 9.15 Å². The summed E-state index contributed by atoms with van der Waals surface area (Å²) < 4.78 is 10.8. The van der Waals surface area contributed by atoms with E-state index < -0.39 is 0 Å². The zero-order chi connectivity index (χ0) is 11.1. The zero-order valence-corrected chi connectivity index (χ0v) is 9.26. The van der Waals surface area contributed by atoms with E-state index in [9.17, 15) is 0 Å². The molecule has 0 unspecified atom stereocenters. The molecular weight excluding hydrogens is 200 g/mol. The summed E-state index contributed by atoms with van der Waals surface area (Å²) >= 11 is 0. The number of hydrogen-bond acceptors (Lipinski definition) is 2. The second-order valence-electron chi connectivity index (χ2n) is 3.72. The van der Waals surface area contributed by atoms with E-state index >= 15 is 0 Å². The Labute approximate surface area is 95.9 Å². The van der Waals surface area contributed by atoms with Gasteiger partial charge in [-0.25, -0.2) is 0 Å². The van der Waals surface area contributed by atoms with Crippen LogP contribution in [0.1, 0.15) is 17.7 Å². The average molecular weight is 216 g/mol. The minimum absolute atomic E-state index is 0.693. The van der Waals surface area contributed by atoms with Crippen LogP contribution in [0.2, 0.25) is 0 Å². The van der Waals surface area contributed by atoms with Crippen LogP contribution < -0.4 is 0 Å². The van der Waals surface area contributed by atoms with Gasteiger partial charge in [-0.15, -0.1) is 0 Å². The molecule has 0 aliphatic rings. The summed E-state index contributed by atoms with van der Waals surface area (Å²) in [5.74, 6) is 1.03. The lowest BCUT2D eigenvalue weighted by molar-refractivity contribution is 0.118. The van der Waals surface area contributed by atoms with Crippen molar-refractivity contribution in [1.29, 1.82) is 0 Å². The van der Waals surface area contributed by atoms with E-state index in [0.717, 1.165) is 25.2 Å². The van der Waals surface area contributed by atoms with E-state index in [0.29, 0.717) is 6.61 Å². The van der Waals surface area contributed by atoms with Gasteiger partial charge in [-0.3, -0.25) is 0 Å². The average Bonchev–Trinajstić information content (AvgIpc) is 2.83.